The van der Waals surface area contributed by atoms with Crippen LogP contribution in [0.4, 0.5) is 5.69 Å². The highest BCUT2D eigenvalue weighted by atomic mass is 35.5. The van der Waals surface area contributed by atoms with Crippen molar-refractivity contribution in [1.82, 2.24) is 0 Å². The summed E-state index contributed by atoms with van der Waals surface area (Å²) in [6.07, 6.45) is -0.516. The Bertz CT molecular complexity index is 250. The highest BCUT2D eigenvalue weighted by molar-refractivity contribution is 6.30. The van der Waals surface area contributed by atoms with Gasteiger partial charge in [0.15, 0.2) is 0 Å². The fraction of sp³-hybridized carbons (Fsp3) is 0.333. The molecule has 1 aromatic rings. The number of aliphatic hydroxyl groups excluding tert-OH is 1. The molecule has 0 aliphatic carbocycles. The number of halogens is 2. The van der Waals surface area contributed by atoms with Gasteiger partial charge in [-0.25, -0.2) is 0 Å². The molecule has 0 heterocycles. The molecule has 0 spiro atoms. The normalized spacial score (nSPS) is 12.5. The van der Waals surface area contributed by atoms with Crippen LogP contribution in [0.5, 0.6) is 0 Å². The van der Waals surface area contributed by atoms with Gasteiger partial charge in [-0.1, -0.05) is 11.6 Å². The van der Waals surface area contributed by atoms with Gasteiger partial charge in [0, 0.05) is 17.3 Å². The molecule has 13 heavy (non-hydrogen) atoms. The lowest BCUT2D eigenvalue weighted by molar-refractivity contribution is 0.211. The molecule has 0 aliphatic rings. The summed E-state index contributed by atoms with van der Waals surface area (Å²) in [5, 5.41) is 12.9. The van der Waals surface area contributed by atoms with Crippen LogP contribution in [-0.4, -0.2) is 23.6 Å². The Morgan fingerprint density at radius 2 is 1.92 bits per heavy atom. The molecule has 0 unspecified atom stereocenters. The van der Waals surface area contributed by atoms with Crippen molar-refractivity contribution in [3.63, 3.8) is 0 Å². The van der Waals surface area contributed by atoms with E-state index in [0.717, 1.165) is 5.69 Å². The monoisotopic (exact) mass is 219 g/mol. The minimum atomic E-state index is -0.516. The molecule has 1 aromatic carbocycles. The number of hydrogen-bond donors (Lipinski definition) is 2. The van der Waals surface area contributed by atoms with Crippen molar-refractivity contribution >= 4 is 28.9 Å². The quantitative estimate of drug-likeness (QED) is 0.763. The van der Waals surface area contributed by atoms with Crippen LogP contribution in [0.3, 0.4) is 0 Å². The van der Waals surface area contributed by atoms with Gasteiger partial charge < -0.3 is 10.4 Å². The van der Waals surface area contributed by atoms with E-state index in [0.29, 0.717) is 11.6 Å². The number of nitrogens with one attached hydrogen (secondary N) is 1. The smallest absolute Gasteiger partial charge is 0.0847 e. The molecule has 4 heteroatoms. The predicted molar refractivity (Wildman–Crippen MR) is 56.7 cm³/mol. The van der Waals surface area contributed by atoms with E-state index in [2.05, 4.69) is 5.32 Å². The van der Waals surface area contributed by atoms with E-state index in [9.17, 15) is 0 Å². The molecule has 0 saturated carbocycles. The first kappa shape index (κ1) is 10.6. The molecule has 0 aliphatic heterocycles. The fourth-order valence-corrected chi connectivity index (χ4v) is 1.09. The van der Waals surface area contributed by atoms with Crippen molar-refractivity contribution in [3.8, 4) is 0 Å². The predicted octanol–water partition coefficient (Wildman–Crippen LogP) is 2.35. The summed E-state index contributed by atoms with van der Waals surface area (Å²) >= 11 is 11.1. The zero-order chi connectivity index (χ0) is 9.68. The van der Waals surface area contributed by atoms with Crippen molar-refractivity contribution < 1.29 is 5.11 Å². The molecule has 0 fully saturated rings. The zero-order valence-corrected chi connectivity index (χ0v) is 8.52. The first-order chi connectivity index (χ1) is 6.22. The fourth-order valence-electron chi connectivity index (χ4n) is 0.858. The second kappa shape index (κ2) is 5.32. The Morgan fingerprint density at radius 3 is 2.46 bits per heavy atom. The molecule has 2 nitrogen and oxygen atoms in total. The van der Waals surface area contributed by atoms with Gasteiger partial charge in [-0.15, -0.1) is 11.6 Å². The standard InChI is InChI=1S/C9H11Cl2NO/c10-5-9(13)6-12-8-3-1-7(11)2-4-8/h1-4,9,12-13H,5-6H2/t9-/m1/s1. The topological polar surface area (TPSA) is 32.3 Å². The number of anilines is 1. The van der Waals surface area contributed by atoms with E-state index < -0.39 is 6.10 Å². The van der Waals surface area contributed by atoms with Crippen molar-refractivity contribution in [2.75, 3.05) is 17.7 Å². The van der Waals surface area contributed by atoms with Crippen LogP contribution >= 0.6 is 23.2 Å². The second-order valence-electron chi connectivity index (χ2n) is 2.70. The van der Waals surface area contributed by atoms with Crippen LogP contribution in [0, 0.1) is 0 Å². The highest BCUT2D eigenvalue weighted by Crippen LogP contribution is 2.13. The maximum Gasteiger partial charge on any atom is 0.0847 e. The minimum Gasteiger partial charge on any atom is -0.390 e. The van der Waals surface area contributed by atoms with Crippen molar-refractivity contribution in [1.29, 1.82) is 0 Å². The number of alkyl halides is 1. The molecular formula is C9H11Cl2NO. The summed E-state index contributed by atoms with van der Waals surface area (Å²) in [5.74, 6) is 0.237. The van der Waals surface area contributed by atoms with E-state index in [1.165, 1.54) is 0 Å². The average molecular weight is 220 g/mol. The molecule has 1 rings (SSSR count). The van der Waals surface area contributed by atoms with E-state index in [4.69, 9.17) is 28.3 Å². The van der Waals surface area contributed by atoms with E-state index in [1.54, 1.807) is 12.1 Å². The first-order valence-electron chi connectivity index (χ1n) is 3.96. The Morgan fingerprint density at radius 1 is 1.31 bits per heavy atom. The van der Waals surface area contributed by atoms with Crippen LogP contribution in [0.2, 0.25) is 5.02 Å². The maximum absolute atomic E-state index is 9.15. The molecule has 2 N–H and O–H groups in total. The van der Waals surface area contributed by atoms with Crippen molar-refractivity contribution in [3.05, 3.63) is 29.3 Å². The lowest BCUT2D eigenvalue weighted by Crippen LogP contribution is -2.20. The highest BCUT2D eigenvalue weighted by Gasteiger charge is 2.00. The van der Waals surface area contributed by atoms with E-state index in [-0.39, 0.29) is 5.88 Å². The van der Waals surface area contributed by atoms with Crippen molar-refractivity contribution in [2.24, 2.45) is 0 Å². The van der Waals surface area contributed by atoms with E-state index >= 15 is 0 Å². The van der Waals surface area contributed by atoms with Gasteiger partial charge in [-0.05, 0) is 24.3 Å². The minimum absolute atomic E-state index is 0.237. The van der Waals surface area contributed by atoms with Gasteiger partial charge in [0.2, 0.25) is 0 Å². The number of aliphatic hydroxyl groups is 1. The summed E-state index contributed by atoms with van der Waals surface area (Å²) in [4.78, 5) is 0. The summed E-state index contributed by atoms with van der Waals surface area (Å²) in [5.41, 5.74) is 0.925. The molecule has 0 bridgehead atoms. The molecule has 0 radical (unpaired) electrons. The summed E-state index contributed by atoms with van der Waals surface area (Å²) in [7, 11) is 0. The van der Waals surface area contributed by atoms with Crippen LogP contribution in [0.25, 0.3) is 0 Å². The molecule has 1 atom stereocenters. The van der Waals surface area contributed by atoms with Gasteiger partial charge in [0.25, 0.3) is 0 Å². The molecule has 0 amide bonds. The Hall–Kier alpha value is -0.440. The van der Waals surface area contributed by atoms with Gasteiger partial charge in [-0.2, -0.15) is 0 Å². The van der Waals surface area contributed by atoms with Gasteiger partial charge in [0.1, 0.15) is 0 Å². The third-order valence-electron chi connectivity index (χ3n) is 1.56. The van der Waals surface area contributed by atoms with Crippen molar-refractivity contribution in [2.45, 2.75) is 6.10 Å². The zero-order valence-electron chi connectivity index (χ0n) is 7.00. The van der Waals surface area contributed by atoms with Crippen LogP contribution in [0.1, 0.15) is 0 Å². The Balaban J connectivity index is 2.41. The third kappa shape index (κ3) is 3.85. The van der Waals surface area contributed by atoms with Gasteiger partial charge in [0.05, 0.1) is 12.0 Å². The lowest BCUT2D eigenvalue weighted by Gasteiger charge is -2.09. The van der Waals surface area contributed by atoms with Crippen LogP contribution in [0.15, 0.2) is 24.3 Å². The number of rotatable bonds is 4. The number of benzene rings is 1. The summed E-state index contributed by atoms with van der Waals surface area (Å²) < 4.78 is 0. The largest absolute Gasteiger partial charge is 0.390 e. The van der Waals surface area contributed by atoms with Crippen LogP contribution < -0.4 is 5.32 Å². The van der Waals surface area contributed by atoms with Gasteiger partial charge >= 0.3 is 0 Å². The second-order valence-corrected chi connectivity index (χ2v) is 3.44. The summed E-state index contributed by atoms with van der Waals surface area (Å²) in [6.45, 7) is 0.450. The first-order valence-corrected chi connectivity index (χ1v) is 4.87. The molecule has 72 valence electrons. The third-order valence-corrected chi connectivity index (χ3v) is 2.17. The maximum atomic E-state index is 9.15. The summed E-state index contributed by atoms with van der Waals surface area (Å²) in [6, 6.07) is 7.28. The number of hydrogen-bond acceptors (Lipinski definition) is 2. The lowest BCUT2D eigenvalue weighted by atomic mass is 10.3. The van der Waals surface area contributed by atoms with Gasteiger partial charge in [-0.3, -0.25) is 0 Å². The van der Waals surface area contributed by atoms with Crippen LogP contribution in [-0.2, 0) is 0 Å². The molecular weight excluding hydrogens is 209 g/mol. The Labute approximate surface area is 87.5 Å². The Kier molecular flexibility index (Phi) is 4.36. The SMILES string of the molecule is O[C@H](CCl)CNc1ccc(Cl)cc1. The molecule has 0 saturated heterocycles. The average Bonchev–Trinajstić information content (AvgIpc) is 2.16. The van der Waals surface area contributed by atoms with E-state index in [1.807, 2.05) is 12.1 Å². The molecule has 0 aromatic heterocycles.